The molecule has 2 aromatic heterocycles. The summed E-state index contributed by atoms with van der Waals surface area (Å²) in [5.74, 6) is 0.877. The zero-order valence-electron chi connectivity index (χ0n) is 21.1. The van der Waals surface area contributed by atoms with Gasteiger partial charge in [-0.3, -0.25) is 9.78 Å². The molecule has 1 saturated heterocycles. The summed E-state index contributed by atoms with van der Waals surface area (Å²) < 4.78 is 16.4. The van der Waals surface area contributed by atoms with Crippen LogP contribution < -0.4 is 10.9 Å². The van der Waals surface area contributed by atoms with Gasteiger partial charge in [-0.2, -0.15) is 0 Å². The summed E-state index contributed by atoms with van der Waals surface area (Å²) in [7, 11) is 0. The molecule has 0 aliphatic carbocycles. The fraction of sp³-hybridized carbons (Fsp3) is 0.517. The first-order valence-corrected chi connectivity index (χ1v) is 13.1. The molecule has 6 heteroatoms. The van der Waals surface area contributed by atoms with Gasteiger partial charge in [-0.05, 0) is 67.9 Å². The van der Waals surface area contributed by atoms with Gasteiger partial charge in [-0.25, -0.2) is 4.39 Å². The molecule has 4 heterocycles. The van der Waals surface area contributed by atoms with Gasteiger partial charge in [-0.1, -0.05) is 45.0 Å². The quantitative estimate of drug-likeness (QED) is 0.513. The smallest absolute Gasteiger partial charge is 0.251 e. The molecule has 1 fully saturated rings. The zero-order chi connectivity index (χ0) is 24.5. The third kappa shape index (κ3) is 5.19. The number of hydrogen-bond donors (Lipinski definition) is 1. The van der Waals surface area contributed by atoms with Crippen LogP contribution >= 0.6 is 0 Å². The minimum Gasteiger partial charge on any atom is -0.314 e. The Morgan fingerprint density at radius 3 is 2.54 bits per heavy atom. The first kappa shape index (κ1) is 24.1. The van der Waals surface area contributed by atoms with Gasteiger partial charge < -0.3 is 14.8 Å². The van der Waals surface area contributed by atoms with E-state index in [2.05, 4.69) is 60.2 Å². The summed E-state index contributed by atoms with van der Waals surface area (Å²) in [5, 5.41) is 3.79. The van der Waals surface area contributed by atoms with Crippen LogP contribution in [0.15, 0.2) is 47.4 Å². The van der Waals surface area contributed by atoms with Gasteiger partial charge in [0, 0.05) is 36.7 Å². The molecule has 0 radical (unpaired) electrons. The van der Waals surface area contributed by atoms with Crippen LogP contribution in [-0.2, 0) is 13.0 Å². The molecular formula is C29H37FN4O. The van der Waals surface area contributed by atoms with Crippen molar-refractivity contribution in [1.82, 2.24) is 19.8 Å². The van der Waals surface area contributed by atoms with Crippen molar-refractivity contribution >= 4 is 11.0 Å². The summed E-state index contributed by atoms with van der Waals surface area (Å²) in [6.07, 6.45) is 4.60. The summed E-state index contributed by atoms with van der Waals surface area (Å²) in [5.41, 5.74) is 4.80. The van der Waals surface area contributed by atoms with E-state index in [0.29, 0.717) is 41.0 Å². The van der Waals surface area contributed by atoms with E-state index in [-0.39, 0.29) is 17.3 Å². The lowest BCUT2D eigenvalue weighted by Crippen LogP contribution is -2.45. The van der Waals surface area contributed by atoms with Gasteiger partial charge in [0.1, 0.15) is 5.82 Å². The molecule has 186 valence electrons. The molecule has 3 aromatic rings. The molecule has 1 aromatic carbocycles. The van der Waals surface area contributed by atoms with Crippen molar-refractivity contribution in [3.05, 3.63) is 75.5 Å². The maximum Gasteiger partial charge on any atom is 0.251 e. The van der Waals surface area contributed by atoms with E-state index in [9.17, 15) is 9.18 Å². The molecule has 2 aliphatic heterocycles. The predicted octanol–water partition coefficient (Wildman–Crippen LogP) is 4.69. The van der Waals surface area contributed by atoms with E-state index in [0.717, 1.165) is 45.4 Å². The molecular weight excluding hydrogens is 439 g/mol. The Balaban J connectivity index is 1.11. The monoisotopic (exact) mass is 476 g/mol. The highest BCUT2D eigenvalue weighted by atomic mass is 19.1. The van der Waals surface area contributed by atoms with E-state index >= 15 is 0 Å². The highest BCUT2D eigenvalue weighted by Gasteiger charge is 2.31. The maximum absolute atomic E-state index is 14.7. The molecule has 35 heavy (non-hydrogen) atoms. The number of piperidine rings is 1. The van der Waals surface area contributed by atoms with Crippen LogP contribution in [0.2, 0.25) is 0 Å². The third-order valence-corrected chi connectivity index (χ3v) is 7.85. The van der Waals surface area contributed by atoms with E-state index in [4.69, 9.17) is 0 Å². The predicted molar refractivity (Wildman–Crippen MR) is 140 cm³/mol. The van der Waals surface area contributed by atoms with Crippen LogP contribution in [0.1, 0.15) is 62.1 Å². The van der Waals surface area contributed by atoms with Crippen LogP contribution in [0.4, 0.5) is 4.39 Å². The Labute approximate surface area is 207 Å². The van der Waals surface area contributed by atoms with Crippen LogP contribution in [0, 0.1) is 11.7 Å². The van der Waals surface area contributed by atoms with E-state index in [1.54, 1.807) is 10.6 Å². The minimum atomic E-state index is -0.288. The Hall–Kier alpha value is -2.57. The van der Waals surface area contributed by atoms with Gasteiger partial charge in [0.05, 0.1) is 17.2 Å². The first-order chi connectivity index (χ1) is 16.9. The molecule has 0 saturated carbocycles. The van der Waals surface area contributed by atoms with Crippen LogP contribution in [0.5, 0.6) is 0 Å². The number of halogens is 1. The van der Waals surface area contributed by atoms with Gasteiger partial charge >= 0.3 is 0 Å². The molecule has 0 amide bonds. The standard InChI is InChI=1S/C29H37FN4O/c1-19(2)22-6-4-21(5-7-22)14-20(3)15-31-24-10-12-33(13-11-24)17-23-18-34-27(35)9-8-26-29(34)28(23)25(30)16-32-26/h4-9,16,19-20,23-24,31H,10-15,17-18H2,1-3H3/t20?,23-/m1/s1. The average Bonchev–Trinajstić information content (AvgIpc) is 3.24. The molecule has 1 unspecified atom stereocenters. The van der Waals surface area contributed by atoms with Crippen LogP contribution in [-0.4, -0.2) is 46.7 Å². The Kier molecular flexibility index (Phi) is 7.03. The fourth-order valence-corrected chi connectivity index (χ4v) is 5.81. The number of aromatic nitrogens is 2. The Morgan fingerprint density at radius 1 is 1.09 bits per heavy atom. The van der Waals surface area contributed by atoms with Crippen molar-refractivity contribution in [3.8, 4) is 0 Å². The highest BCUT2D eigenvalue weighted by molar-refractivity contribution is 5.80. The van der Waals surface area contributed by atoms with E-state index in [1.807, 2.05) is 0 Å². The zero-order valence-corrected chi connectivity index (χ0v) is 21.1. The second-order valence-electron chi connectivity index (χ2n) is 10.9. The molecule has 5 nitrogen and oxygen atoms in total. The minimum absolute atomic E-state index is 0.00205. The van der Waals surface area contributed by atoms with Gasteiger partial charge in [0.15, 0.2) is 0 Å². The third-order valence-electron chi connectivity index (χ3n) is 7.85. The number of pyridine rings is 2. The maximum atomic E-state index is 14.7. The number of likely N-dealkylation sites (tertiary alicyclic amines) is 1. The van der Waals surface area contributed by atoms with Crippen molar-refractivity contribution in [2.24, 2.45) is 5.92 Å². The van der Waals surface area contributed by atoms with Gasteiger partial charge in [0.25, 0.3) is 5.56 Å². The van der Waals surface area contributed by atoms with Crippen molar-refractivity contribution in [1.29, 1.82) is 0 Å². The van der Waals surface area contributed by atoms with Crippen molar-refractivity contribution < 1.29 is 4.39 Å². The lowest BCUT2D eigenvalue weighted by Gasteiger charge is -2.34. The highest BCUT2D eigenvalue weighted by Crippen LogP contribution is 2.34. The normalized spacial score (nSPS) is 19.6. The number of nitrogens with zero attached hydrogens (tertiary/aromatic N) is 3. The largest absolute Gasteiger partial charge is 0.314 e. The van der Waals surface area contributed by atoms with Gasteiger partial charge in [-0.15, -0.1) is 0 Å². The summed E-state index contributed by atoms with van der Waals surface area (Å²) in [6.45, 7) is 11.1. The van der Waals surface area contributed by atoms with E-state index < -0.39 is 0 Å². The fourth-order valence-electron chi connectivity index (χ4n) is 5.81. The van der Waals surface area contributed by atoms with E-state index in [1.165, 1.54) is 23.4 Å². The summed E-state index contributed by atoms with van der Waals surface area (Å²) in [6, 6.07) is 12.9. The lowest BCUT2D eigenvalue weighted by molar-refractivity contribution is 0.182. The Morgan fingerprint density at radius 2 is 1.83 bits per heavy atom. The second-order valence-corrected chi connectivity index (χ2v) is 10.9. The van der Waals surface area contributed by atoms with Crippen LogP contribution in [0.3, 0.4) is 0 Å². The summed E-state index contributed by atoms with van der Waals surface area (Å²) in [4.78, 5) is 19.0. The lowest BCUT2D eigenvalue weighted by atomic mass is 9.96. The number of hydrogen-bond acceptors (Lipinski definition) is 4. The molecule has 5 rings (SSSR count). The van der Waals surface area contributed by atoms with Crippen molar-refractivity contribution in [2.75, 3.05) is 26.2 Å². The average molecular weight is 477 g/mol. The molecule has 2 atom stereocenters. The molecule has 0 bridgehead atoms. The number of rotatable bonds is 8. The van der Waals surface area contributed by atoms with Crippen molar-refractivity contribution in [2.45, 2.75) is 64.5 Å². The summed E-state index contributed by atoms with van der Waals surface area (Å²) >= 11 is 0. The topological polar surface area (TPSA) is 50.2 Å². The molecule has 1 N–H and O–H groups in total. The molecule has 0 spiro atoms. The van der Waals surface area contributed by atoms with Crippen LogP contribution in [0.25, 0.3) is 11.0 Å². The first-order valence-electron chi connectivity index (χ1n) is 13.1. The van der Waals surface area contributed by atoms with Crippen molar-refractivity contribution in [3.63, 3.8) is 0 Å². The molecule has 2 aliphatic rings. The number of benzene rings is 1. The SMILES string of the molecule is CC(CNC1CCN(C[C@@H]2Cn3c(=O)ccc4ncc(F)c2c43)CC1)Cc1ccc(C(C)C)cc1. The van der Waals surface area contributed by atoms with Gasteiger partial charge in [0.2, 0.25) is 0 Å². The Bertz CT molecular complexity index is 1230. The second kappa shape index (κ2) is 10.2. The number of nitrogens with one attached hydrogen (secondary N) is 1.